The summed E-state index contributed by atoms with van der Waals surface area (Å²) in [7, 11) is 0. The Kier molecular flexibility index (Phi) is 4.48. The number of aliphatic carboxylic acids is 1. The lowest BCUT2D eigenvalue weighted by molar-refractivity contribution is -0.138. The lowest BCUT2D eigenvalue weighted by Crippen LogP contribution is -2.16. The van der Waals surface area contributed by atoms with Gasteiger partial charge in [-0.3, -0.25) is 9.59 Å². The molecule has 0 bridgehead atoms. The third kappa shape index (κ3) is 3.60. The first kappa shape index (κ1) is 17.4. The first-order valence-electron chi connectivity index (χ1n) is 9.06. The van der Waals surface area contributed by atoms with Crippen molar-refractivity contribution >= 4 is 17.6 Å². The molecule has 1 heterocycles. The quantitative estimate of drug-likeness (QED) is 0.846. The number of carboxylic acids is 1. The van der Waals surface area contributed by atoms with Crippen LogP contribution in [0.15, 0.2) is 42.5 Å². The maximum absolute atomic E-state index is 12.6. The Bertz CT molecular complexity index is 894. The number of fused-ring (bicyclic) bond motifs is 1. The van der Waals surface area contributed by atoms with Crippen LogP contribution in [-0.2, 0) is 9.59 Å². The Balaban J connectivity index is 1.42. The van der Waals surface area contributed by atoms with Crippen LogP contribution in [0.5, 0.6) is 11.5 Å². The fraction of sp³-hybridized carbons (Fsp3) is 0.333. The van der Waals surface area contributed by atoms with Gasteiger partial charge in [-0.05, 0) is 54.7 Å². The van der Waals surface area contributed by atoms with E-state index in [2.05, 4.69) is 5.32 Å². The summed E-state index contributed by atoms with van der Waals surface area (Å²) in [6.07, 6.45) is 0.788. The van der Waals surface area contributed by atoms with Crippen LogP contribution in [0, 0.1) is 5.92 Å². The maximum atomic E-state index is 12.6. The Morgan fingerprint density at radius 3 is 2.67 bits per heavy atom. The van der Waals surface area contributed by atoms with Gasteiger partial charge in [0.1, 0.15) is 13.2 Å². The minimum absolute atomic E-state index is 0.0463. The van der Waals surface area contributed by atoms with Crippen molar-refractivity contribution < 1.29 is 24.2 Å². The molecule has 1 aliphatic heterocycles. The molecule has 0 radical (unpaired) electrons. The highest BCUT2D eigenvalue weighted by Gasteiger charge is 2.44. The fourth-order valence-corrected chi connectivity index (χ4v) is 3.41. The zero-order valence-corrected chi connectivity index (χ0v) is 15.0. The second-order valence-electron chi connectivity index (χ2n) is 7.03. The van der Waals surface area contributed by atoms with Crippen molar-refractivity contribution in [3.8, 4) is 11.5 Å². The zero-order valence-electron chi connectivity index (χ0n) is 15.0. The highest BCUT2D eigenvalue weighted by atomic mass is 16.6. The molecule has 2 aromatic carbocycles. The number of hydrogen-bond acceptors (Lipinski definition) is 4. The third-order valence-corrected chi connectivity index (χ3v) is 5.15. The zero-order chi connectivity index (χ0) is 19.0. The van der Waals surface area contributed by atoms with Gasteiger partial charge in [-0.15, -0.1) is 0 Å². The van der Waals surface area contributed by atoms with Gasteiger partial charge in [-0.25, -0.2) is 0 Å². The molecule has 0 aromatic heterocycles. The molecule has 6 nitrogen and oxygen atoms in total. The van der Waals surface area contributed by atoms with Crippen LogP contribution >= 0.6 is 0 Å². The second-order valence-corrected chi connectivity index (χ2v) is 7.03. The maximum Gasteiger partial charge on any atom is 0.310 e. The molecule has 1 aliphatic carbocycles. The first-order valence-corrected chi connectivity index (χ1v) is 9.06. The lowest BCUT2D eigenvalue weighted by Gasteiger charge is -2.18. The second kappa shape index (κ2) is 6.95. The number of rotatable bonds is 5. The summed E-state index contributed by atoms with van der Waals surface area (Å²) in [6, 6.07) is 12.9. The molecule has 2 N–H and O–H groups in total. The summed E-state index contributed by atoms with van der Waals surface area (Å²) >= 11 is 0. The van der Waals surface area contributed by atoms with Crippen molar-refractivity contribution in [3.63, 3.8) is 0 Å². The molecule has 1 fully saturated rings. The van der Waals surface area contributed by atoms with Gasteiger partial charge in [-0.1, -0.05) is 18.2 Å². The van der Waals surface area contributed by atoms with E-state index in [0.29, 0.717) is 24.5 Å². The minimum Gasteiger partial charge on any atom is -0.486 e. The molecule has 1 saturated carbocycles. The van der Waals surface area contributed by atoms with Crippen LogP contribution in [-0.4, -0.2) is 30.2 Å². The van der Waals surface area contributed by atoms with E-state index < -0.39 is 11.9 Å². The van der Waals surface area contributed by atoms with Crippen LogP contribution in [0.4, 0.5) is 5.69 Å². The summed E-state index contributed by atoms with van der Waals surface area (Å²) < 4.78 is 11.1. The average Bonchev–Trinajstić information content (AvgIpc) is 3.48. The van der Waals surface area contributed by atoms with Gasteiger partial charge in [-0.2, -0.15) is 0 Å². The molecule has 27 heavy (non-hydrogen) atoms. The van der Waals surface area contributed by atoms with Gasteiger partial charge in [0.2, 0.25) is 5.91 Å². The Morgan fingerprint density at radius 1 is 1.11 bits per heavy atom. The SMILES string of the molecule is CC(C(=O)O)c1cccc(NC(=O)C2CC2c2ccc3c(c2)OCCO3)c1. The largest absolute Gasteiger partial charge is 0.486 e. The van der Waals surface area contributed by atoms with E-state index in [0.717, 1.165) is 23.5 Å². The fourth-order valence-electron chi connectivity index (χ4n) is 3.41. The van der Waals surface area contributed by atoms with Crippen LogP contribution in [0.2, 0.25) is 0 Å². The third-order valence-electron chi connectivity index (χ3n) is 5.15. The topological polar surface area (TPSA) is 84.9 Å². The smallest absolute Gasteiger partial charge is 0.310 e. The number of amides is 1. The Morgan fingerprint density at radius 2 is 1.89 bits per heavy atom. The lowest BCUT2D eigenvalue weighted by atomic mass is 10.0. The molecule has 3 atom stereocenters. The van der Waals surface area contributed by atoms with E-state index in [-0.39, 0.29) is 17.7 Å². The number of carbonyl (C=O) groups excluding carboxylic acids is 1. The molecule has 3 unspecified atom stereocenters. The summed E-state index contributed by atoms with van der Waals surface area (Å²) in [6.45, 7) is 2.72. The predicted octanol–water partition coefficient (Wildman–Crippen LogP) is 3.39. The Hall–Kier alpha value is -3.02. The molecular formula is C21H21NO5. The summed E-state index contributed by atoms with van der Waals surface area (Å²) in [4.78, 5) is 23.7. The monoisotopic (exact) mass is 367 g/mol. The average molecular weight is 367 g/mol. The molecule has 6 heteroatoms. The normalized spacial score (nSPS) is 21.2. The van der Waals surface area contributed by atoms with Crippen LogP contribution in [0.25, 0.3) is 0 Å². The highest BCUT2D eigenvalue weighted by molar-refractivity contribution is 5.95. The van der Waals surface area contributed by atoms with Crippen LogP contribution in [0.3, 0.4) is 0 Å². The van der Waals surface area contributed by atoms with Gasteiger partial charge in [0.15, 0.2) is 11.5 Å². The van der Waals surface area contributed by atoms with E-state index >= 15 is 0 Å². The van der Waals surface area contributed by atoms with Crippen LogP contribution < -0.4 is 14.8 Å². The number of hydrogen-bond donors (Lipinski definition) is 2. The van der Waals surface area contributed by atoms with Crippen molar-refractivity contribution in [2.45, 2.75) is 25.2 Å². The number of benzene rings is 2. The molecule has 4 rings (SSSR count). The summed E-state index contributed by atoms with van der Waals surface area (Å²) in [5, 5.41) is 12.1. The number of anilines is 1. The van der Waals surface area contributed by atoms with Crippen molar-refractivity contribution in [1.82, 2.24) is 0 Å². The molecule has 0 saturated heterocycles. The van der Waals surface area contributed by atoms with Crippen molar-refractivity contribution in [2.24, 2.45) is 5.92 Å². The van der Waals surface area contributed by atoms with Gasteiger partial charge < -0.3 is 19.9 Å². The van der Waals surface area contributed by atoms with E-state index in [4.69, 9.17) is 14.6 Å². The number of carbonyl (C=O) groups is 2. The van der Waals surface area contributed by atoms with Crippen molar-refractivity contribution in [1.29, 1.82) is 0 Å². The number of nitrogens with one attached hydrogen (secondary N) is 1. The minimum atomic E-state index is -0.889. The van der Waals surface area contributed by atoms with Gasteiger partial charge >= 0.3 is 5.97 Å². The van der Waals surface area contributed by atoms with Crippen molar-refractivity contribution in [2.75, 3.05) is 18.5 Å². The van der Waals surface area contributed by atoms with Crippen LogP contribution in [0.1, 0.15) is 36.3 Å². The molecule has 140 valence electrons. The van der Waals surface area contributed by atoms with E-state index in [1.807, 2.05) is 18.2 Å². The predicted molar refractivity (Wildman–Crippen MR) is 99.4 cm³/mol. The molecule has 2 aliphatic rings. The van der Waals surface area contributed by atoms with E-state index in [1.165, 1.54) is 0 Å². The van der Waals surface area contributed by atoms with E-state index in [9.17, 15) is 9.59 Å². The van der Waals surface area contributed by atoms with Gasteiger partial charge in [0.25, 0.3) is 0 Å². The van der Waals surface area contributed by atoms with Gasteiger partial charge in [0.05, 0.1) is 5.92 Å². The first-order chi connectivity index (χ1) is 13.0. The standard InChI is InChI=1S/C21H21NO5/c1-12(21(24)25)13-3-2-4-15(9-13)22-20(23)17-11-16(17)14-5-6-18-19(10-14)27-8-7-26-18/h2-6,9-10,12,16-17H,7-8,11H2,1H3,(H,22,23)(H,24,25). The molecule has 2 aromatic rings. The summed E-state index contributed by atoms with van der Waals surface area (Å²) in [5.41, 5.74) is 2.37. The van der Waals surface area contributed by atoms with E-state index in [1.54, 1.807) is 31.2 Å². The number of ether oxygens (including phenoxy) is 2. The van der Waals surface area contributed by atoms with Crippen molar-refractivity contribution in [3.05, 3.63) is 53.6 Å². The Labute approximate surface area is 157 Å². The molecular weight excluding hydrogens is 346 g/mol. The highest BCUT2D eigenvalue weighted by Crippen LogP contribution is 2.49. The molecule has 1 amide bonds. The summed E-state index contributed by atoms with van der Waals surface area (Å²) in [5.74, 6) is 0.00819. The molecule has 0 spiro atoms. The number of carboxylic acid groups (broad SMARTS) is 1. The van der Waals surface area contributed by atoms with Gasteiger partial charge in [0, 0.05) is 11.6 Å².